The van der Waals surface area contributed by atoms with Crippen molar-refractivity contribution in [3.8, 4) is 0 Å². The van der Waals surface area contributed by atoms with Crippen LogP contribution in [-0.4, -0.2) is 35.2 Å². The van der Waals surface area contributed by atoms with Crippen molar-refractivity contribution in [2.45, 2.75) is 77.5 Å². The summed E-state index contributed by atoms with van der Waals surface area (Å²) in [5.41, 5.74) is 0. The van der Waals surface area contributed by atoms with Gasteiger partial charge in [-0.15, -0.1) is 0 Å². The molecule has 1 fully saturated rings. The average Bonchev–Trinajstić information content (AvgIpc) is 2.87. The summed E-state index contributed by atoms with van der Waals surface area (Å²) in [4.78, 5) is 23.3. The summed E-state index contributed by atoms with van der Waals surface area (Å²) in [6, 6.07) is -0.830. The minimum Gasteiger partial charge on any atom is -0.480 e. The summed E-state index contributed by atoms with van der Waals surface area (Å²) < 4.78 is 5.80. The molecule has 2 N–H and O–H groups in total. The molecule has 0 aromatic rings. The zero-order valence-corrected chi connectivity index (χ0v) is 12.7. The lowest BCUT2D eigenvalue weighted by molar-refractivity contribution is -0.146. The van der Waals surface area contributed by atoms with Gasteiger partial charge < -0.3 is 15.2 Å². The zero-order valence-electron chi connectivity index (χ0n) is 12.7. The predicted molar refractivity (Wildman–Crippen MR) is 76.4 cm³/mol. The molecule has 20 heavy (non-hydrogen) atoms. The number of rotatable bonds is 8. The maximum Gasteiger partial charge on any atom is 0.326 e. The van der Waals surface area contributed by atoms with Gasteiger partial charge in [-0.3, -0.25) is 4.79 Å². The van der Waals surface area contributed by atoms with E-state index in [9.17, 15) is 9.59 Å². The van der Waals surface area contributed by atoms with Crippen molar-refractivity contribution in [1.82, 2.24) is 5.32 Å². The Hall–Kier alpha value is -1.10. The van der Waals surface area contributed by atoms with Gasteiger partial charge in [0.1, 0.15) is 12.1 Å². The van der Waals surface area contributed by atoms with E-state index in [0.29, 0.717) is 12.8 Å². The maximum atomic E-state index is 12.2. The fraction of sp³-hybridized carbons (Fsp3) is 0.867. The third-order valence-corrected chi connectivity index (χ3v) is 3.64. The molecule has 1 amide bonds. The summed E-state index contributed by atoms with van der Waals surface area (Å²) in [6.45, 7) is 5.76. The van der Waals surface area contributed by atoms with E-state index in [1.165, 1.54) is 0 Å². The molecular formula is C15H27NO4. The number of aliphatic carboxylic acids is 1. The van der Waals surface area contributed by atoms with Crippen LogP contribution in [0.25, 0.3) is 0 Å². The normalized spacial score (nSPS) is 19.0. The molecule has 0 aromatic carbocycles. The lowest BCUT2D eigenvalue weighted by Crippen LogP contribution is -2.47. The van der Waals surface area contributed by atoms with Crippen LogP contribution < -0.4 is 5.32 Å². The molecule has 116 valence electrons. The van der Waals surface area contributed by atoms with Crippen LogP contribution in [0.2, 0.25) is 0 Å². The standard InChI is InChI=1S/C15H27NO4/c1-4-13(20-11-7-5-6-8-11)14(17)16-12(15(18)19)9-10(2)3/h10-13H,4-9H2,1-3H3,(H,16,17)(H,18,19)/t12-,13?/m1/s1. The molecule has 5 nitrogen and oxygen atoms in total. The molecule has 0 bridgehead atoms. The van der Waals surface area contributed by atoms with Crippen molar-refractivity contribution in [3.05, 3.63) is 0 Å². The van der Waals surface area contributed by atoms with Gasteiger partial charge in [-0.2, -0.15) is 0 Å². The van der Waals surface area contributed by atoms with Crippen molar-refractivity contribution < 1.29 is 19.4 Å². The number of carboxylic acid groups (broad SMARTS) is 1. The molecule has 0 saturated heterocycles. The Kier molecular flexibility index (Phi) is 6.99. The Morgan fingerprint density at radius 3 is 2.35 bits per heavy atom. The number of nitrogens with one attached hydrogen (secondary N) is 1. The highest BCUT2D eigenvalue weighted by atomic mass is 16.5. The lowest BCUT2D eigenvalue weighted by Gasteiger charge is -2.23. The average molecular weight is 285 g/mol. The zero-order chi connectivity index (χ0) is 15.1. The van der Waals surface area contributed by atoms with Crippen LogP contribution in [0, 0.1) is 5.92 Å². The molecule has 2 atom stereocenters. The molecular weight excluding hydrogens is 258 g/mol. The van der Waals surface area contributed by atoms with Crippen LogP contribution in [0.15, 0.2) is 0 Å². The van der Waals surface area contributed by atoms with E-state index in [4.69, 9.17) is 9.84 Å². The predicted octanol–water partition coefficient (Wildman–Crippen LogP) is 2.34. The Labute approximate surface area is 121 Å². The Morgan fingerprint density at radius 1 is 1.30 bits per heavy atom. The fourth-order valence-corrected chi connectivity index (χ4v) is 2.56. The second-order valence-electron chi connectivity index (χ2n) is 5.97. The highest BCUT2D eigenvalue weighted by Crippen LogP contribution is 2.23. The number of hydrogen-bond donors (Lipinski definition) is 2. The van der Waals surface area contributed by atoms with E-state index in [-0.39, 0.29) is 17.9 Å². The topological polar surface area (TPSA) is 75.6 Å². The van der Waals surface area contributed by atoms with Crippen LogP contribution in [0.3, 0.4) is 0 Å². The van der Waals surface area contributed by atoms with Crippen molar-refractivity contribution in [3.63, 3.8) is 0 Å². The van der Waals surface area contributed by atoms with Crippen molar-refractivity contribution in [2.24, 2.45) is 5.92 Å². The summed E-state index contributed by atoms with van der Waals surface area (Å²) in [6.07, 6.45) is 4.90. The molecule has 0 radical (unpaired) electrons. The van der Waals surface area contributed by atoms with E-state index in [1.807, 2.05) is 20.8 Å². The first-order chi connectivity index (χ1) is 9.43. The second kappa shape index (κ2) is 8.25. The van der Waals surface area contributed by atoms with Gasteiger partial charge in [-0.1, -0.05) is 33.6 Å². The Bertz CT molecular complexity index is 324. The monoisotopic (exact) mass is 285 g/mol. The number of hydrogen-bond acceptors (Lipinski definition) is 3. The summed E-state index contributed by atoms with van der Waals surface area (Å²) in [5, 5.41) is 11.8. The molecule has 5 heteroatoms. The Morgan fingerprint density at radius 2 is 1.90 bits per heavy atom. The van der Waals surface area contributed by atoms with Crippen LogP contribution in [0.4, 0.5) is 0 Å². The summed E-state index contributed by atoms with van der Waals surface area (Å²) in [7, 11) is 0. The number of ether oxygens (including phenoxy) is 1. The molecule has 1 aliphatic rings. The molecule has 1 unspecified atom stereocenters. The third kappa shape index (κ3) is 5.49. The van der Waals surface area contributed by atoms with Crippen LogP contribution in [0.5, 0.6) is 0 Å². The smallest absolute Gasteiger partial charge is 0.326 e. The lowest BCUT2D eigenvalue weighted by atomic mass is 10.0. The van der Waals surface area contributed by atoms with Gasteiger partial charge in [0.05, 0.1) is 6.10 Å². The molecule has 0 aliphatic heterocycles. The maximum absolute atomic E-state index is 12.2. The number of carbonyl (C=O) groups is 2. The second-order valence-corrected chi connectivity index (χ2v) is 5.97. The van der Waals surface area contributed by atoms with Gasteiger partial charge in [0.25, 0.3) is 0 Å². The van der Waals surface area contributed by atoms with E-state index < -0.39 is 18.1 Å². The first kappa shape index (κ1) is 17.0. The van der Waals surface area contributed by atoms with Gasteiger partial charge >= 0.3 is 5.97 Å². The quantitative estimate of drug-likeness (QED) is 0.717. The Balaban J connectivity index is 2.53. The van der Waals surface area contributed by atoms with Crippen LogP contribution in [-0.2, 0) is 14.3 Å². The van der Waals surface area contributed by atoms with Gasteiger partial charge in [-0.25, -0.2) is 4.79 Å². The van der Waals surface area contributed by atoms with Gasteiger partial charge in [0.2, 0.25) is 5.91 Å². The molecule has 0 heterocycles. The highest BCUT2D eigenvalue weighted by molar-refractivity contribution is 5.86. The first-order valence-corrected chi connectivity index (χ1v) is 7.62. The third-order valence-electron chi connectivity index (χ3n) is 3.64. The van der Waals surface area contributed by atoms with Gasteiger partial charge in [0.15, 0.2) is 0 Å². The SMILES string of the molecule is CCC(OC1CCCC1)C(=O)N[C@H](CC(C)C)C(=O)O. The van der Waals surface area contributed by atoms with Crippen molar-refractivity contribution in [2.75, 3.05) is 0 Å². The van der Waals surface area contributed by atoms with Crippen molar-refractivity contribution in [1.29, 1.82) is 0 Å². The number of carbonyl (C=O) groups excluding carboxylic acids is 1. The van der Waals surface area contributed by atoms with E-state index in [2.05, 4.69) is 5.32 Å². The van der Waals surface area contributed by atoms with Crippen LogP contribution in [0.1, 0.15) is 59.3 Å². The van der Waals surface area contributed by atoms with Crippen molar-refractivity contribution >= 4 is 11.9 Å². The summed E-state index contributed by atoms with van der Waals surface area (Å²) >= 11 is 0. The fourth-order valence-electron chi connectivity index (χ4n) is 2.56. The molecule has 1 rings (SSSR count). The minimum absolute atomic E-state index is 0.152. The van der Waals surface area contributed by atoms with E-state index >= 15 is 0 Å². The molecule has 1 aliphatic carbocycles. The molecule has 0 spiro atoms. The largest absolute Gasteiger partial charge is 0.480 e. The molecule has 1 saturated carbocycles. The van der Waals surface area contributed by atoms with Gasteiger partial charge in [-0.05, 0) is 31.6 Å². The summed E-state index contributed by atoms with van der Waals surface area (Å²) in [5.74, 6) is -1.07. The van der Waals surface area contributed by atoms with E-state index in [0.717, 1.165) is 25.7 Å². The first-order valence-electron chi connectivity index (χ1n) is 7.62. The number of amides is 1. The minimum atomic E-state index is -0.984. The number of carboxylic acids is 1. The molecule has 0 aromatic heterocycles. The highest BCUT2D eigenvalue weighted by Gasteiger charge is 2.28. The van der Waals surface area contributed by atoms with E-state index in [1.54, 1.807) is 0 Å². The van der Waals surface area contributed by atoms with Gasteiger partial charge in [0, 0.05) is 0 Å². The van der Waals surface area contributed by atoms with Crippen LogP contribution >= 0.6 is 0 Å².